The molecule has 2 fully saturated rings. The van der Waals surface area contributed by atoms with Crippen LogP contribution >= 0.6 is 0 Å². The summed E-state index contributed by atoms with van der Waals surface area (Å²) in [6, 6.07) is 10.4. The molecular weight excluding hydrogens is 292 g/mol. The molecule has 2 heterocycles. The lowest BCUT2D eigenvalue weighted by Gasteiger charge is -2.35. The third-order valence-electron chi connectivity index (χ3n) is 4.93. The van der Waals surface area contributed by atoms with Crippen LogP contribution in [-0.4, -0.2) is 68.8 Å². The third-order valence-corrected chi connectivity index (χ3v) is 4.93. The van der Waals surface area contributed by atoms with Gasteiger partial charge < -0.3 is 9.47 Å². The summed E-state index contributed by atoms with van der Waals surface area (Å²) in [5, 5.41) is 0. The number of rotatable bonds is 5. The molecule has 0 spiro atoms. The van der Waals surface area contributed by atoms with Gasteiger partial charge in [0.25, 0.3) is 0 Å². The van der Waals surface area contributed by atoms with Gasteiger partial charge in [0.15, 0.2) is 0 Å². The van der Waals surface area contributed by atoms with E-state index >= 15 is 0 Å². The van der Waals surface area contributed by atoms with Crippen LogP contribution in [0.4, 0.5) is 0 Å². The van der Waals surface area contributed by atoms with Gasteiger partial charge in [-0.3, -0.25) is 14.6 Å². The van der Waals surface area contributed by atoms with Crippen LogP contribution in [0, 0.1) is 5.41 Å². The summed E-state index contributed by atoms with van der Waals surface area (Å²) >= 11 is 0. The molecule has 1 unspecified atom stereocenters. The maximum absolute atomic E-state index is 12.5. The van der Waals surface area contributed by atoms with Gasteiger partial charge in [0.1, 0.15) is 0 Å². The van der Waals surface area contributed by atoms with E-state index < -0.39 is 5.41 Å². The minimum Gasteiger partial charge on any atom is -0.469 e. The molecule has 2 aliphatic rings. The minimum absolute atomic E-state index is 0.0699. The molecule has 0 saturated carbocycles. The van der Waals surface area contributed by atoms with E-state index in [1.165, 1.54) is 12.7 Å². The quantitative estimate of drug-likeness (QED) is 0.768. The van der Waals surface area contributed by atoms with E-state index in [0.717, 1.165) is 58.9 Å². The highest BCUT2D eigenvalue weighted by Gasteiger charge is 2.46. The minimum atomic E-state index is -0.402. The number of likely N-dealkylation sites (tertiary alicyclic amines) is 1. The van der Waals surface area contributed by atoms with E-state index in [9.17, 15) is 4.79 Å². The van der Waals surface area contributed by atoms with Crippen molar-refractivity contribution in [3.05, 3.63) is 35.9 Å². The molecule has 3 rings (SSSR count). The van der Waals surface area contributed by atoms with Crippen LogP contribution in [0.15, 0.2) is 30.3 Å². The van der Waals surface area contributed by atoms with Crippen LogP contribution in [-0.2, 0) is 20.8 Å². The molecule has 0 aliphatic carbocycles. The Morgan fingerprint density at radius 3 is 2.61 bits per heavy atom. The Kier molecular flexibility index (Phi) is 5.30. The SMILES string of the molecule is COC(=O)C1(CN2CCOCC2)CCN(Cc2ccccc2)C1. The number of nitrogens with zero attached hydrogens (tertiary/aromatic N) is 2. The number of ether oxygens (including phenoxy) is 2. The number of esters is 1. The number of morpholine rings is 1. The number of hydrogen-bond acceptors (Lipinski definition) is 5. The second-order valence-electron chi connectivity index (χ2n) is 6.61. The second kappa shape index (κ2) is 7.43. The summed E-state index contributed by atoms with van der Waals surface area (Å²) in [5.74, 6) is -0.0699. The topological polar surface area (TPSA) is 42.0 Å². The molecule has 1 aromatic rings. The molecule has 2 saturated heterocycles. The average molecular weight is 318 g/mol. The molecule has 1 atom stereocenters. The molecule has 0 aromatic heterocycles. The number of benzene rings is 1. The van der Waals surface area contributed by atoms with Crippen molar-refractivity contribution in [2.24, 2.45) is 5.41 Å². The van der Waals surface area contributed by atoms with Crippen molar-refractivity contribution in [3.8, 4) is 0 Å². The van der Waals surface area contributed by atoms with E-state index in [4.69, 9.17) is 9.47 Å². The molecule has 0 bridgehead atoms. The van der Waals surface area contributed by atoms with Crippen LogP contribution < -0.4 is 0 Å². The van der Waals surface area contributed by atoms with Gasteiger partial charge in [0.2, 0.25) is 0 Å². The number of hydrogen-bond donors (Lipinski definition) is 0. The van der Waals surface area contributed by atoms with Crippen molar-refractivity contribution in [1.29, 1.82) is 0 Å². The lowest BCUT2D eigenvalue weighted by atomic mass is 9.86. The Morgan fingerprint density at radius 1 is 1.17 bits per heavy atom. The zero-order valence-electron chi connectivity index (χ0n) is 13.9. The average Bonchev–Trinajstić information content (AvgIpc) is 3.00. The van der Waals surface area contributed by atoms with Gasteiger partial charge in [-0.1, -0.05) is 30.3 Å². The molecule has 126 valence electrons. The fraction of sp³-hybridized carbons (Fsp3) is 0.611. The molecule has 0 amide bonds. The zero-order valence-corrected chi connectivity index (χ0v) is 13.9. The zero-order chi connectivity index (χ0) is 16.1. The standard InChI is InChI=1S/C18H26N2O3/c1-22-17(21)18(14-19-9-11-23-12-10-19)7-8-20(15-18)13-16-5-3-2-4-6-16/h2-6H,7-15H2,1H3. The van der Waals surface area contributed by atoms with Crippen molar-refractivity contribution < 1.29 is 14.3 Å². The van der Waals surface area contributed by atoms with E-state index in [-0.39, 0.29) is 5.97 Å². The largest absolute Gasteiger partial charge is 0.469 e. The number of methoxy groups -OCH3 is 1. The molecule has 1 aromatic carbocycles. The van der Waals surface area contributed by atoms with Crippen LogP contribution in [0.25, 0.3) is 0 Å². The summed E-state index contributed by atoms with van der Waals surface area (Å²) in [7, 11) is 1.50. The maximum atomic E-state index is 12.5. The Balaban J connectivity index is 1.66. The van der Waals surface area contributed by atoms with E-state index in [1.54, 1.807) is 0 Å². The number of carbonyl (C=O) groups excluding carboxylic acids is 1. The summed E-state index contributed by atoms with van der Waals surface area (Å²) in [4.78, 5) is 17.2. The molecular formula is C18H26N2O3. The normalized spacial score (nSPS) is 26.3. The molecule has 5 nitrogen and oxygen atoms in total. The van der Waals surface area contributed by atoms with E-state index in [2.05, 4.69) is 34.1 Å². The monoisotopic (exact) mass is 318 g/mol. The summed E-state index contributed by atoms with van der Waals surface area (Å²) in [6.07, 6.45) is 0.865. The lowest BCUT2D eigenvalue weighted by Crippen LogP contribution is -2.49. The van der Waals surface area contributed by atoms with Crippen LogP contribution in [0.1, 0.15) is 12.0 Å². The summed E-state index contributed by atoms with van der Waals surface area (Å²) < 4.78 is 10.6. The van der Waals surface area contributed by atoms with Gasteiger partial charge in [-0.05, 0) is 18.5 Å². The van der Waals surface area contributed by atoms with Crippen molar-refractivity contribution in [2.75, 3.05) is 53.0 Å². The van der Waals surface area contributed by atoms with Crippen LogP contribution in [0.5, 0.6) is 0 Å². The third kappa shape index (κ3) is 3.91. The van der Waals surface area contributed by atoms with Gasteiger partial charge in [-0.2, -0.15) is 0 Å². The highest BCUT2D eigenvalue weighted by molar-refractivity contribution is 5.77. The first kappa shape index (κ1) is 16.4. The van der Waals surface area contributed by atoms with Gasteiger partial charge >= 0.3 is 5.97 Å². The molecule has 2 aliphatic heterocycles. The van der Waals surface area contributed by atoms with Gasteiger partial charge in [-0.25, -0.2) is 0 Å². The summed E-state index contributed by atoms with van der Waals surface area (Å²) in [5.41, 5.74) is 0.889. The Labute approximate surface area is 138 Å². The lowest BCUT2D eigenvalue weighted by molar-refractivity contribution is -0.154. The molecule has 0 N–H and O–H groups in total. The predicted octanol–water partition coefficient (Wildman–Crippen LogP) is 1.38. The smallest absolute Gasteiger partial charge is 0.314 e. The van der Waals surface area contributed by atoms with Crippen LogP contribution in [0.2, 0.25) is 0 Å². The van der Waals surface area contributed by atoms with Crippen molar-refractivity contribution in [1.82, 2.24) is 9.80 Å². The van der Waals surface area contributed by atoms with Gasteiger partial charge in [0.05, 0.1) is 25.7 Å². The Hall–Kier alpha value is -1.43. The maximum Gasteiger partial charge on any atom is 0.314 e. The van der Waals surface area contributed by atoms with Crippen molar-refractivity contribution in [3.63, 3.8) is 0 Å². The predicted molar refractivity (Wildman–Crippen MR) is 88.0 cm³/mol. The first-order valence-corrected chi connectivity index (χ1v) is 8.37. The van der Waals surface area contributed by atoms with E-state index in [0.29, 0.717) is 0 Å². The molecule has 5 heteroatoms. The highest BCUT2D eigenvalue weighted by atomic mass is 16.5. The Bertz CT molecular complexity index is 516. The van der Waals surface area contributed by atoms with Crippen molar-refractivity contribution in [2.45, 2.75) is 13.0 Å². The fourth-order valence-corrected chi connectivity index (χ4v) is 3.70. The fourth-order valence-electron chi connectivity index (χ4n) is 3.70. The highest BCUT2D eigenvalue weighted by Crippen LogP contribution is 2.34. The molecule has 23 heavy (non-hydrogen) atoms. The number of carbonyl (C=O) groups is 1. The first-order chi connectivity index (χ1) is 11.2. The Morgan fingerprint density at radius 2 is 1.91 bits per heavy atom. The van der Waals surface area contributed by atoms with Gasteiger partial charge in [-0.15, -0.1) is 0 Å². The second-order valence-corrected chi connectivity index (χ2v) is 6.61. The molecule has 0 radical (unpaired) electrons. The first-order valence-electron chi connectivity index (χ1n) is 8.37. The summed E-state index contributed by atoms with van der Waals surface area (Å²) in [6.45, 7) is 6.68. The van der Waals surface area contributed by atoms with E-state index in [1.807, 2.05) is 6.07 Å². The van der Waals surface area contributed by atoms with Gasteiger partial charge in [0, 0.05) is 32.7 Å². The van der Waals surface area contributed by atoms with Crippen molar-refractivity contribution >= 4 is 5.97 Å². The van der Waals surface area contributed by atoms with Crippen LogP contribution in [0.3, 0.4) is 0 Å².